The molecule has 2 N–H and O–H groups in total. The summed E-state index contributed by atoms with van der Waals surface area (Å²) in [6.07, 6.45) is 1.53. The van der Waals surface area contributed by atoms with Crippen molar-refractivity contribution in [2.45, 2.75) is 6.54 Å². The highest BCUT2D eigenvalue weighted by Gasteiger charge is 2.15. The molecule has 0 aliphatic rings. The summed E-state index contributed by atoms with van der Waals surface area (Å²) in [5.74, 6) is -0.568. The minimum Gasteiger partial charge on any atom is -0.497 e. The van der Waals surface area contributed by atoms with E-state index in [0.29, 0.717) is 5.69 Å². The van der Waals surface area contributed by atoms with Crippen LogP contribution >= 0.6 is 0 Å². The number of pyridine rings is 1. The van der Waals surface area contributed by atoms with Crippen LogP contribution in [0, 0.1) is 0 Å². The third-order valence-corrected chi connectivity index (χ3v) is 3.03. The van der Waals surface area contributed by atoms with E-state index in [1.807, 2.05) is 0 Å². The minimum atomic E-state index is -0.787. The second-order valence-corrected chi connectivity index (χ2v) is 4.55. The summed E-state index contributed by atoms with van der Waals surface area (Å²) in [7, 11) is 3.01. The number of benzene rings is 1. The molecule has 23 heavy (non-hydrogen) atoms. The fraction of sp³-hybridized carbons (Fsp3) is 0.188. The Hall–Kier alpha value is -3.09. The van der Waals surface area contributed by atoms with E-state index in [1.54, 1.807) is 43.5 Å². The summed E-state index contributed by atoms with van der Waals surface area (Å²) in [5.41, 5.74) is 1.19. The van der Waals surface area contributed by atoms with Gasteiger partial charge in [0.05, 0.1) is 14.2 Å². The minimum absolute atomic E-state index is 0.237. The highest BCUT2D eigenvalue weighted by atomic mass is 16.5. The molecule has 0 unspecified atom stereocenters. The normalized spacial score (nSPS) is 9.83. The van der Waals surface area contributed by atoms with Crippen LogP contribution in [0.1, 0.15) is 5.56 Å². The van der Waals surface area contributed by atoms with Crippen molar-refractivity contribution in [1.82, 2.24) is 10.3 Å². The zero-order chi connectivity index (χ0) is 16.7. The Morgan fingerprint density at radius 3 is 2.43 bits per heavy atom. The highest BCUT2D eigenvalue weighted by molar-refractivity contribution is 6.39. The van der Waals surface area contributed by atoms with Gasteiger partial charge >= 0.3 is 11.8 Å². The van der Waals surface area contributed by atoms with Crippen molar-refractivity contribution >= 4 is 17.5 Å². The van der Waals surface area contributed by atoms with Crippen molar-refractivity contribution in [2.75, 3.05) is 19.5 Å². The molecular formula is C16H17N3O4. The number of hydrogen-bond acceptors (Lipinski definition) is 5. The van der Waals surface area contributed by atoms with Crippen molar-refractivity contribution in [3.05, 3.63) is 48.2 Å². The Balaban J connectivity index is 1.90. The fourth-order valence-electron chi connectivity index (χ4n) is 1.83. The number of anilines is 1. The molecule has 0 aliphatic heterocycles. The SMILES string of the molecule is COc1ccc(CNC(=O)C(=O)Nc2cccnc2OC)cc1. The standard InChI is InChI=1S/C16H17N3O4/c1-22-12-7-5-11(6-8-12)10-18-14(20)15(21)19-13-4-3-9-17-16(13)23-2/h3-9H,10H2,1-2H3,(H,18,20)(H,19,21). The van der Waals surface area contributed by atoms with Crippen molar-refractivity contribution < 1.29 is 19.1 Å². The third-order valence-electron chi connectivity index (χ3n) is 3.03. The number of carbonyl (C=O) groups excluding carboxylic acids is 2. The zero-order valence-corrected chi connectivity index (χ0v) is 12.8. The summed E-state index contributed by atoms with van der Waals surface area (Å²) >= 11 is 0. The summed E-state index contributed by atoms with van der Waals surface area (Å²) in [4.78, 5) is 27.6. The first kappa shape index (κ1) is 16.3. The molecule has 0 atom stereocenters. The molecule has 2 rings (SSSR count). The first-order valence-electron chi connectivity index (χ1n) is 6.85. The molecule has 1 aromatic heterocycles. The third kappa shape index (κ3) is 4.44. The van der Waals surface area contributed by atoms with Gasteiger partial charge in [0.15, 0.2) is 0 Å². The predicted octanol–water partition coefficient (Wildman–Crippen LogP) is 1.35. The van der Waals surface area contributed by atoms with Gasteiger partial charge in [-0.1, -0.05) is 12.1 Å². The van der Waals surface area contributed by atoms with E-state index in [0.717, 1.165) is 11.3 Å². The number of nitrogens with zero attached hydrogens (tertiary/aromatic N) is 1. The van der Waals surface area contributed by atoms with E-state index < -0.39 is 11.8 Å². The molecule has 0 saturated carbocycles. The number of ether oxygens (including phenoxy) is 2. The lowest BCUT2D eigenvalue weighted by molar-refractivity contribution is -0.136. The van der Waals surface area contributed by atoms with Crippen molar-refractivity contribution in [1.29, 1.82) is 0 Å². The Morgan fingerprint density at radius 1 is 1.04 bits per heavy atom. The molecule has 2 aromatic rings. The number of carbonyl (C=O) groups is 2. The number of methoxy groups -OCH3 is 2. The first-order valence-corrected chi connectivity index (χ1v) is 6.85. The monoisotopic (exact) mass is 315 g/mol. The summed E-state index contributed by atoms with van der Waals surface area (Å²) in [5, 5.41) is 5.00. The highest BCUT2D eigenvalue weighted by Crippen LogP contribution is 2.19. The molecule has 0 aliphatic carbocycles. The Bertz CT molecular complexity index is 686. The second-order valence-electron chi connectivity index (χ2n) is 4.55. The second kappa shape index (κ2) is 7.79. The van der Waals surface area contributed by atoms with E-state index in [-0.39, 0.29) is 12.4 Å². The summed E-state index contributed by atoms with van der Waals surface area (Å²) < 4.78 is 10.1. The number of aromatic nitrogens is 1. The number of amides is 2. The van der Waals surface area contributed by atoms with Gasteiger partial charge in [-0.05, 0) is 29.8 Å². The maximum atomic E-state index is 11.9. The lowest BCUT2D eigenvalue weighted by atomic mass is 10.2. The molecule has 0 saturated heterocycles. The molecule has 7 heteroatoms. The van der Waals surface area contributed by atoms with Crippen molar-refractivity contribution in [3.63, 3.8) is 0 Å². The van der Waals surface area contributed by atoms with Crippen LogP contribution in [0.5, 0.6) is 11.6 Å². The summed E-state index contributed by atoms with van der Waals surface area (Å²) in [6, 6.07) is 10.4. The topological polar surface area (TPSA) is 89.5 Å². The van der Waals surface area contributed by atoms with Gasteiger partial charge in [0.1, 0.15) is 11.4 Å². The molecule has 120 valence electrons. The van der Waals surface area contributed by atoms with Gasteiger partial charge in [0, 0.05) is 12.7 Å². The maximum absolute atomic E-state index is 11.9. The van der Waals surface area contributed by atoms with Crippen LogP contribution in [0.3, 0.4) is 0 Å². The van der Waals surface area contributed by atoms with Gasteiger partial charge in [0.25, 0.3) is 0 Å². The van der Waals surface area contributed by atoms with Gasteiger partial charge in [0.2, 0.25) is 5.88 Å². The van der Waals surface area contributed by atoms with Crippen LogP contribution in [0.2, 0.25) is 0 Å². The lowest BCUT2D eigenvalue weighted by Crippen LogP contribution is -2.35. The van der Waals surface area contributed by atoms with Crippen LogP contribution < -0.4 is 20.1 Å². The van der Waals surface area contributed by atoms with E-state index in [9.17, 15) is 9.59 Å². The molecule has 2 amide bonds. The Morgan fingerprint density at radius 2 is 1.78 bits per heavy atom. The van der Waals surface area contributed by atoms with Gasteiger partial charge in [-0.3, -0.25) is 9.59 Å². The predicted molar refractivity (Wildman–Crippen MR) is 84.3 cm³/mol. The fourth-order valence-corrected chi connectivity index (χ4v) is 1.83. The van der Waals surface area contributed by atoms with Crippen molar-refractivity contribution in [3.8, 4) is 11.6 Å². The Kier molecular flexibility index (Phi) is 5.51. The molecule has 7 nitrogen and oxygen atoms in total. The average molecular weight is 315 g/mol. The molecule has 0 spiro atoms. The molecule has 1 heterocycles. The molecule has 0 bridgehead atoms. The molecule has 1 aromatic carbocycles. The van der Waals surface area contributed by atoms with Gasteiger partial charge < -0.3 is 20.1 Å². The van der Waals surface area contributed by atoms with Crippen LogP contribution in [0.15, 0.2) is 42.6 Å². The number of nitrogens with one attached hydrogen (secondary N) is 2. The van der Waals surface area contributed by atoms with Crippen LogP contribution in [-0.2, 0) is 16.1 Å². The largest absolute Gasteiger partial charge is 0.497 e. The molecule has 0 radical (unpaired) electrons. The van der Waals surface area contributed by atoms with E-state index in [1.165, 1.54) is 13.3 Å². The van der Waals surface area contributed by atoms with E-state index in [4.69, 9.17) is 9.47 Å². The van der Waals surface area contributed by atoms with Gasteiger partial charge in [-0.2, -0.15) is 0 Å². The van der Waals surface area contributed by atoms with Gasteiger partial charge in [-0.25, -0.2) is 4.98 Å². The van der Waals surface area contributed by atoms with Gasteiger partial charge in [-0.15, -0.1) is 0 Å². The first-order chi connectivity index (χ1) is 11.1. The summed E-state index contributed by atoms with van der Waals surface area (Å²) in [6.45, 7) is 0.237. The zero-order valence-electron chi connectivity index (χ0n) is 12.8. The van der Waals surface area contributed by atoms with Crippen molar-refractivity contribution in [2.24, 2.45) is 0 Å². The average Bonchev–Trinajstić information content (AvgIpc) is 2.60. The van der Waals surface area contributed by atoms with Crippen LogP contribution in [-0.4, -0.2) is 31.0 Å². The number of hydrogen-bond donors (Lipinski definition) is 2. The van der Waals surface area contributed by atoms with Crippen LogP contribution in [0.4, 0.5) is 5.69 Å². The van der Waals surface area contributed by atoms with E-state index in [2.05, 4.69) is 15.6 Å². The molecule has 0 fully saturated rings. The maximum Gasteiger partial charge on any atom is 0.313 e. The Labute approximate surface area is 133 Å². The lowest BCUT2D eigenvalue weighted by Gasteiger charge is -2.09. The number of rotatable bonds is 5. The molecular weight excluding hydrogens is 298 g/mol. The smallest absolute Gasteiger partial charge is 0.313 e. The van der Waals surface area contributed by atoms with Crippen LogP contribution in [0.25, 0.3) is 0 Å². The quantitative estimate of drug-likeness (QED) is 0.813. The van der Waals surface area contributed by atoms with E-state index >= 15 is 0 Å².